The number of amides is 3. The normalized spacial score (nSPS) is 25.5. The third-order valence-corrected chi connectivity index (χ3v) is 5.58. The van der Waals surface area contributed by atoms with Gasteiger partial charge in [0.25, 0.3) is 5.91 Å². The number of urea groups is 1. The van der Waals surface area contributed by atoms with Gasteiger partial charge in [0.15, 0.2) is 18.2 Å². The topological polar surface area (TPSA) is 71.5 Å². The van der Waals surface area contributed by atoms with Crippen LogP contribution >= 0.6 is 0 Å². The average Bonchev–Trinajstić information content (AvgIpc) is 3.08. The number of fused-ring (bicyclic) bond motifs is 1. The lowest BCUT2D eigenvalue weighted by Crippen LogP contribution is -2.64. The molecule has 0 bridgehead atoms. The van der Waals surface area contributed by atoms with E-state index in [1.807, 2.05) is 41.3 Å². The zero-order chi connectivity index (χ0) is 19.7. The van der Waals surface area contributed by atoms with Crippen LogP contribution in [0.3, 0.4) is 0 Å². The number of piperazine rings is 1. The molecule has 0 aromatic heterocycles. The summed E-state index contributed by atoms with van der Waals surface area (Å²) in [5.41, 5.74) is 1.11. The number of benzene rings is 1. The van der Waals surface area contributed by atoms with Crippen LogP contribution in [0, 0.1) is 0 Å². The Balaban J connectivity index is 1.60. The highest BCUT2D eigenvalue weighted by molar-refractivity contribution is 6.03. The van der Waals surface area contributed by atoms with E-state index in [2.05, 4.69) is 21.7 Å². The minimum absolute atomic E-state index is 0.284. The fraction of sp³-hybridized carbons (Fsp3) is 0.450. The van der Waals surface area contributed by atoms with Crippen molar-refractivity contribution in [2.45, 2.75) is 18.8 Å². The molecule has 3 heterocycles. The Morgan fingerprint density at radius 3 is 2.57 bits per heavy atom. The Labute approximate surface area is 165 Å². The Bertz CT molecular complexity index is 787. The summed E-state index contributed by atoms with van der Waals surface area (Å²) in [6, 6.07) is 9.14. The quantitative estimate of drug-likeness (QED) is 0.770. The molecule has 8 heteroatoms. The molecule has 8 nitrogen and oxygen atoms in total. The predicted molar refractivity (Wildman–Crippen MR) is 107 cm³/mol. The maximum absolute atomic E-state index is 12.7. The van der Waals surface area contributed by atoms with E-state index >= 15 is 0 Å². The molecule has 2 atom stereocenters. The molecule has 4 rings (SSSR count). The molecule has 0 saturated carbocycles. The van der Waals surface area contributed by atoms with Crippen molar-refractivity contribution in [1.82, 2.24) is 24.9 Å². The molecular weight excluding hydrogens is 356 g/mol. The summed E-state index contributed by atoms with van der Waals surface area (Å²) in [6.45, 7) is 8.75. The van der Waals surface area contributed by atoms with Crippen LogP contribution in [0.5, 0.6) is 0 Å². The first kappa shape index (κ1) is 18.5. The molecule has 2 fully saturated rings. The van der Waals surface area contributed by atoms with Crippen molar-refractivity contribution in [1.29, 1.82) is 0 Å². The van der Waals surface area contributed by atoms with Gasteiger partial charge in [-0.2, -0.15) is 0 Å². The third-order valence-electron chi connectivity index (χ3n) is 5.58. The average molecular weight is 382 g/mol. The Morgan fingerprint density at radius 2 is 1.89 bits per heavy atom. The molecule has 3 aliphatic heterocycles. The number of likely N-dealkylation sites (N-methyl/N-ethyl adjacent to an activating group) is 1. The minimum atomic E-state index is -0.510. The van der Waals surface area contributed by atoms with Gasteiger partial charge in [0, 0.05) is 46.3 Å². The predicted octanol–water partition coefficient (Wildman–Crippen LogP) is 0.538. The molecule has 0 aliphatic carbocycles. The van der Waals surface area contributed by atoms with Crippen molar-refractivity contribution in [3.05, 3.63) is 48.6 Å². The lowest BCUT2D eigenvalue weighted by molar-refractivity contribution is -0.127. The Morgan fingerprint density at radius 1 is 1.18 bits per heavy atom. The first-order valence-electron chi connectivity index (χ1n) is 9.62. The minimum Gasteiger partial charge on any atom is -0.340 e. The standard InChI is InChI=1S/C20H26N6O2/c1-3-9-24-10-12-25(13-11-24)19-21-17-16(18(27)22-20(28)23(17)2)26(19)14-15-7-5-4-6-8-15/h3-8,16-17H,1,9-14H2,2H3,(H,22,27,28). The van der Waals surface area contributed by atoms with Gasteiger partial charge in [0.05, 0.1) is 0 Å². The van der Waals surface area contributed by atoms with E-state index < -0.39 is 18.2 Å². The molecule has 2 unspecified atom stereocenters. The molecule has 1 N–H and O–H groups in total. The molecule has 148 valence electrons. The fourth-order valence-corrected chi connectivity index (χ4v) is 4.04. The summed E-state index contributed by atoms with van der Waals surface area (Å²) >= 11 is 0. The van der Waals surface area contributed by atoms with Gasteiger partial charge in [-0.15, -0.1) is 6.58 Å². The van der Waals surface area contributed by atoms with Crippen LogP contribution in [0.25, 0.3) is 0 Å². The molecular formula is C20H26N6O2. The third kappa shape index (κ3) is 3.35. The van der Waals surface area contributed by atoms with Crippen LogP contribution < -0.4 is 5.32 Å². The van der Waals surface area contributed by atoms with Gasteiger partial charge in [-0.3, -0.25) is 15.0 Å². The number of carbonyl (C=O) groups excluding carboxylic acids is 2. The number of hydrogen-bond acceptors (Lipinski definition) is 6. The first-order chi connectivity index (χ1) is 13.6. The van der Waals surface area contributed by atoms with Gasteiger partial charge in [-0.25, -0.2) is 9.79 Å². The highest BCUT2D eigenvalue weighted by atomic mass is 16.2. The summed E-state index contributed by atoms with van der Waals surface area (Å²) in [4.78, 5) is 37.7. The van der Waals surface area contributed by atoms with Crippen molar-refractivity contribution >= 4 is 17.9 Å². The van der Waals surface area contributed by atoms with E-state index in [4.69, 9.17) is 4.99 Å². The van der Waals surface area contributed by atoms with Crippen molar-refractivity contribution in [3.63, 3.8) is 0 Å². The number of nitrogens with zero attached hydrogens (tertiary/aromatic N) is 5. The van der Waals surface area contributed by atoms with Gasteiger partial charge < -0.3 is 14.7 Å². The molecule has 3 amide bonds. The second-order valence-corrected chi connectivity index (χ2v) is 7.38. The molecule has 3 aliphatic rings. The number of imide groups is 1. The van der Waals surface area contributed by atoms with Gasteiger partial charge in [-0.1, -0.05) is 36.4 Å². The Hall–Kier alpha value is -2.87. The zero-order valence-corrected chi connectivity index (χ0v) is 16.1. The van der Waals surface area contributed by atoms with Gasteiger partial charge in [0.1, 0.15) is 0 Å². The van der Waals surface area contributed by atoms with E-state index in [1.165, 1.54) is 4.90 Å². The van der Waals surface area contributed by atoms with Crippen LogP contribution in [-0.4, -0.2) is 89.5 Å². The lowest BCUT2D eigenvalue weighted by atomic mass is 10.1. The van der Waals surface area contributed by atoms with Gasteiger partial charge in [0.2, 0.25) is 0 Å². The molecule has 1 aromatic rings. The second kappa shape index (κ2) is 7.63. The largest absolute Gasteiger partial charge is 0.340 e. The number of rotatable bonds is 4. The second-order valence-electron chi connectivity index (χ2n) is 7.38. The number of hydrogen-bond donors (Lipinski definition) is 1. The molecule has 0 radical (unpaired) electrons. The molecule has 2 saturated heterocycles. The van der Waals surface area contributed by atoms with Crippen molar-refractivity contribution in [2.24, 2.45) is 4.99 Å². The highest BCUT2D eigenvalue weighted by Gasteiger charge is 2.49. The highest BCUT2D eigenvalue weighted by Crippen LogP contribution is 2.27. The van der Waals surface area contributed by atoms with E-state index in [-0.39, 0.29) is 5.91 Å². The number of aliphatic imine (C=N–C) groups is 1. The van der Waals surface area contributed by atoms with Crippen molar-refractivity contribution in [3.8, 4) is 0 Å². The molecule has 0 spiro atoms. The number of carbonyl (C=O) groups is 2. The summed E-state index contributed by atoms with van der Waals surface area (Å²) in [6.07, 6.45) is 1.43. The lowest BCUT2D eigenvalue weighted by Gasteiger charge is -2.40. The van der Waals surface area contributed by atoms with E-state index in [9.17, 15) is 9.59 Å². The fourth-order valence-electron chi connectivity index (χ4n) is 4.04. The SMILES string of the molecule is C=CCN1CCN(C2=NC3C(C(=O)NC(=O)N3C)N2Cc2ccccc2)CC1. The van der Waals surface area contributed by atoms with Gasteiger partial charge in [-0.05, 0) is 5.56 Å². The molecule has 1 aromatic carbocycles. The zero-order valence-electron chi connectivity index (χ0n) is 16.1. The monoisotopic (exact) mass is 382 g/mol. The van der Waals surface area contributed by atoms with Crippen LogP contribution in [0.15, 0.2) is 48.0 Å². The summed E-state index contributed by atoms with van der Waals surface area (Å²) in [7, 11) is 1.69. The van der Waals surface area contributed by atoms with Crippen molar-refractivity contribution in [2.75, 3.05) is 39.8 Å². The number of nitrogens with one attached hydrogen (secondary N) is 1. The van der Waals surface area contributed by atoms with Crippen LogP contribution in [0.1, 0.15) is 5.56 Å². The van der Waals surface area contributed by atoms with Crippen LogP contribution in [-0.2, 0) is 11.3 Å². The maximum atomic E-state index is 12.7. The maximum Gasteiger partial charge on any atom is 0.325 e. The van der Waals surface area contributed by atoms with E-state index in [1.54, 1.807) is 7.05 Å². The number of guanidine groups is 1. The van der Waals surface area contributed by atoms with Crippen molar-refractivity contribution < 1.29 is 9.59 Å². The summed E-state index contributed by atoms with van der Waals surface area (Å²) in [5, 5.41) is 2.46. The van der Waals surface area contributed by atoms with Crippen LogP contribution in [0.4, 0.5) is 4.79 Å². The Kier molecular flexibility index (Phi) is 5.04. The smallest absolute Gasteiger partial charge is 0.325 e. The van der Waals surface area contributed by atoms with Gasteiger partial charge >= 0.3 is 6.03 Å². The summed E-state index contributed by atoms with van der Waals surface area (Å²) < 4.78 is 0. The van der Waals surface area contributed by atoms with E-state index in [0.29, 0.717) is 6.54 Å². The van der Waals surface area contributed by atoms with Crippen LogP contribution in [0.2, 0.25) is 0 Å². The first-order valence-corrected chi connectivity index (χ1v) is 9.62. The van der Waals surface area contributed by atoms with E-state index in [0.717, 1.165) is 44.2 Å². The summed E-state index contributed by atoms with van der Waals surface area (Å²) in [5.74, 6) is 0.516. The molecule has 28 heavy (non-hydrogen) atoms.